The Bertz CT molecular complexity index is 1000. The molecule has 1 N–H and O–H groups in total. The predicted octanol–water partition coefficient (Wildman–Crippen LogP) is 4.64. The van der Waals surface area contributed by atoms with E-state index in [0.29, 0.717) is 0 Å². The number of methoxy groups -OCH3 is 2. The van der Waals surface area contributed by atoms with Crippen molar-refractivity contribution in [3.05, 3.63) is 59.2 Å². The van der Waals surface area contributed by atoms with Crippen LogP contribution in [0, 0.1) is 11.3 Å². The highest BCUT2D eigenvalue weighted by atomic mass is 19.4. The first-order chi connectivity index (χ1) is 15.8. The van der Waals surface area contributed by atoms with Gasteiger partial charge in [-0.3, -0.25) is 9.69 Å². The Morgan fingerprint density at radius 2 is 1.82 bits per heavy atom. The van der Waals surface area contributed by atoms with Crippen LogP contribution >= 0.6 is 0 Å². The Kier molecular flexibility index (Phi) is 6.56. The van der Waals surface area contributed by atoms with Crippen LogP contribution < -0.4 is 14.8 Å². The SMILES string of the molecule is COc1ccc(OC)c(CN2CCC3(CC2)CC3C(=O)NCc2ccccc2C(F)(F)F)c1. The van der Waals surface area contributed by atoms with Crippen molar-refractivity contribution in [2.45, 2.75) is 38.5 Å². The molecule has 33 heavy (non-hydrogen) atoms. The van der Waals surface area contributed by atoms with Crippen LogP contribution in [0.15, 0.2) is 42.5 Å². The minimum atomic E-state index is -4.43. The van der Waals surface area contributed by atoms with Crippen molar-refractivity contribution in [2.75, 3.05) is 27.3 Å². The van der Waals surface area contributed by atoms with Gasteiger partial charge in [0.15, 0.2) is 0 Å². The quantitative estimate of drug-likeness (QED) is 0.651. The minimum Gasteiger partial charge on any atom is -0.497 e. The van der Waals surface area contributed by atoms with E-state index in [-0.39, 0.29) is 29.3 Å². The molecule has 2 fully saturated rings. The van der Waals surface area contributed by atoms with E-state index >= 15 is 0 Å². The number of benzene rings is 2. The molecule has 1 saturated heterocycles. The Balaban J connectivity index is 1.30. The Hall–Kier alpha value is -2.74. The number of nitrogens with one attached hydrogen (secondary N) is 1. The zero-order valence-electron chi connectivity index (χ0n) is 18.9. The van der Waals surface area contributed by atoms with Crippen molar-refractivity contribution in [1.29, 1.82) is 0 Å². The normalized spacial score (nSPS) is 19.8. The molecule has 1 saturated carbocycles. The smallest absolute Gasteiger partial charge is 0.416 e. The maximum absolute atomic E-state index is 13.2. The summed E-state index contributed by atoms with van der Waals surface area (Å²) < 4.78 is 50.3. The summed E-state index contributed by atoms with van der Waals surface area (Å²) in [6.07, 6.45) is -1.83. The Labute approximate surface area is 191 Å². The van der Waals surface area contributed by atoms with E-state index in [9.17, 15) is 18.0 Å². The van der Waals surface area contributed by atoms with E-state index in [0.717, 1.165) is 62.0 Å². The first-order valence-corrected chi connectivity index (χ1v) is 11.1. The second kappa shape index (κ2) is 9.25. The fraction of sp³-hybridized carbons (Fsp3) is 0.480. The van der Waals surface area contributed by atoms with Gasteiger partial charge in [-0.15, -0.1) is 0 Å². The molecule has 5 nitrogen and oxygen atoms in total. The van der Waals surface area contributed by atoms with Gasteiger partial charge in [-0.05, 0) is 67.6 Å². The zero-order chi connectivity index (χ0) is 23.6. The van der Waals surface area contributed by atoms with Gasteiger partial charge >= 0.3 is 6.18 Å². The van der Waals surface area contributed by atoms with Crippen molar-refractivity contribution in [3.63, 3.8) is 0 Å². The summed E-state index contributed by atoms with van der Waals surface area (Å²) in [6, 6.07) is 11.1. The highest BCUT2D eigenvalue weighted by molar-refractivity contribution is 5.82. The third-order valence-electron chi connectivity index (χ3n) is 7.02. The fourth-order valence-electron chi connectivity index (χ4n) is 4.93. The summed E-state index contributed by atoms with van der Waals surface area (Å²) in [7, 11) is 3.28. The number of amides is 1. The number of carbonyl (C=O) groups excluding carboxylic acids is 1. The van der Waals surface area contributed by atoms with Crippen LogP contribution in [0.4, 0.5) is 13.2 Å². The van der Waals surface area contributed by atoms with E-state index in [4.69, 9.17) is 9.47 Å². The lowest BCUT2D eigenvalue weighted by Crippen LogP contribution is -2.36. The molecule has 0 radical (unpaired) electrons. The van der Waals surface area contributed by atoms with Gasteiger partial charge in [0.25, 0.3) is 0 Å². The molecule has 0 bridgehead atoms. The number of halogens is 3. The van der Waals surface area contributed by atoms with E-state index in [1.807, 2.05) is 18.2 Å². The number of likely N-dealkylation sites (tertiary alicyclic amines) is 1. The molecule has 1 atom stereocenters. The number of carbonyl (C=O) groups is 1. The van der Waals surface area contributed by atoms with Crippen LogP contribution in [0.1, 0.15) is 36.0 Å². The van der Waals surface area contributed by atoms with Crippen LogP contribution in [0.5, 0.6) is 11.5 Å². The predicted molar refractivity (Wildman–Crippen MR) is 118 cm³/mol. The molecule has 2 aromatic rings. The van der Waals surface area contributed by atoms with Crippen molar-refractivity contribution in [2.24, 2.45) is 11.3 Å². The molecule has 1 heterocycles. The van der Waals surface area contributed by atoms with Crippen LogP contribution in [0.25, 0.3) is 0 Å². The lowest BCUT2D eigenvalue weighted by molar-refractivity contribution is -0.138. The summed E-state index contributed by atoms with van der Waals surface area (Å²) in [5.74, 6) is 1.34. The number of alkyl halides is 3. The molecule has 178 valence electrons. The lowest BCUT2D eigenvalue weighted by atomic mass is 9.90. The molecule has 4 rings (SSSR count). The molecule has 0 aromatic heterocycles. The summed E-state index contributed by atoms with van der Waals surface area (Å²) >= 11 is 0. The third kappa shape index (κ3) is 5.11. The molecule has 2 aromatic carbocycles. The van der Waals surface area contributed by atoms with Gasteiger partial charge in [0.2, 0.25) is 5.91 Å². The molecular weight excluding hydrogens is 433 g/mol. The first kappa shape index (κ1) is 23.4. The van der Waals surface area contributed by atoms with Crippen molar-refractivity contribution in [1.82, 2.24) is 10.2 Å². The molecule has 2 aliphatic rings. The minimum absolute atomic E-state index is 0.0252. The number of piperidine rings is 1. The van der Waals surface area contributed by atoms with Crippen molar-refractivity contribution < 1.29 is 27.4 Å². The lowest BCUT2D eigenvalue weighted by Gasteiger charge is -2.33. The summed E-state index contributed by atoms with van der Waals surface area (Å²) in [5.41, 5.74) is 0.427. The van der Waals surface area contributed by atoms with E-state index in [1.54, 1.807) is 20.3 Å². The Morgan fingerprint density at radius 3 is 2.48 bits per heavy atom. The molecule has 1 aliphatic heterocycles. The summed E-state index contributed by atoms with van der Waals surface area (Å²) in [6.45, 7) is 2.35. The molecule has 1 unspecified atom stereocenters. The van der Waals surface area contributed by atoms with Crippen molar-refractivity contribution >= 4 is 5.91 Å². The average Bonchev–Trinajstić information content (AvgIpc) is 3.52. The summed E-state index contributed by atoms with van der Waals surface area (Å²) in [4.78, 5) is 15.0. The molecule has 8 heteroatoms. The maximum atomic E-state index is 13.2. The zero-order valence-corrected chi connectivity index (χ0v) is 18.9. The highest BCUT2D eigenvalue weighted by Gasteiger charge is 2.58. The average molecular weight is 463 g/mol. The van der Waals surface area contributed by atoms with Gasteiger partial charge < -0.3 is 14.8 Å². The van der Waals surface area contributed by atoms with Crippen LogP contribution in [-0.4, -0.2) is 38.1 Å². The van der Waals surface area contributed by atoms with E-state index < -0.39 is 11.7 Å². The largest absolute Gasteiger partial charge is 0.497 e. The number of nitrogens with zero attached hydrogens (tertiary/aromatic N) is 1. The molecular formula is C25H29F3N2O3. The molecule has 1 spiro atoms. The third-order valence-corrected chi connectivity index (χ3v) is 7.02. The van der Waals surface area contributed by atoms with Crippen LogP contribution in [0.3, 0.4) is 0 Å². The van der Waals surface area contributed by atoms with Crippen LogP contribution in [-0.2, 0) is 24.1 Å². The maximum Gasteiger partial charge on any atom is 0.416 e. The van der Waals surface area contributed by atoms with Crippen molar-refractivity contribution in [3.8, 4) is 11.5 Å². The van der Waals surface area contributed by atoms with Gasteiger partial charge in [0, 0.05) is 24.6 Å². The van der Waals surface area contributed by atoms with Gasteiger partial charge in [0.1, 0.15) is 11.5 Å². The number of hydrogen-bond acceptors (Lipinski definition) is 4. The second-order valence-electron chi connectivity index (χ2n) is 8.95. The number of ether oxygens (including phenoxy) is 2. The van der Waals surface area contributed by atoms with Gasteiger partial charge in [-0.25, -0.2) is 0 Å². The monoisotopic (exact) mass is 462 g/mol. The van der Waals surface area contributed by atoms with Crippen LogP contribution in [0.2, 0.25) is 0 Å². The van der Waals surface area contributed by atoms with E-state index in [1.165, 1.54) is 12.1 Å². The highest BCUT2D eigenvalue weighted by Crippen LogP contribution is 2.59. The molecule has 1 aliphatic carbocycles. The Morgan fingerprint density at radius 1 is 1.09 bits per heavy atom. The topological polar surface area (TPSA) is 50.8 Å². The van der Waals surface area contributed by atoms with E-state index in [2.05, 4.69) is 10.2 Å². The molecule has 1 amide bonds. The van der Waals surface area contributed by atoms with Gasteiger partial charge in [-0.1, -0.05) is 18.2 Å². The number of rotatable bonds is 7. The van der Waals surface area contributed by atoms with Gasteiger partial charge in [-0.2, -0.15) is 13.2 Å². The number of hydrogen-bond donors (Lipinski definition) is 1. The van der Waals surface area contributed by atoms with Gasteiger partial charge in [0.05, 0.1) is 19.8 Å². The fourth-order valence-corrected chi connectivity index (χ4v) is 4.93. The second-order valence-corrected chi connectivity index (χ2v) is 8.95. The standard InChI is InChI=1S/C25H29F3N2O3/c1-32-19-7-8-22(33-2)18(13-19)16-30-11-9-24(10-12-30)14-21(24)23(31)29-15-17-5-3-4-6-20(17)25(26,27)28/h3-8,13,21H,9-12,14-16H2,1-2H3,(H,29,31). The summed E-state index contributed by atoms with van der Waals surface area (Å²) in [5, 5.41) is 2.74. The first-order valence-electron chi connectivity index (χ1n) is 11.1.